The van der Waals surface area contributed by atoms with Crippen molar-refractivity contribution in [1.82, 2.24) is 14.6 Å². The fraction of sp³-hybridized carbons (Fsp3) is 0.133. The molecule has 0 N–H and O–H groups in total. The zero-order valence-electron chi connectivity index (χ0n) is 11.1. The Morgan fingerprint density at radius 2 is 2.20 bits per heavy atom. The molecule has 0 saturated carbocycles. The van der Waals surface area contributed by atoms with Gasteiger partial charge in [0, 0.05) is 26.0 Å². The van der Waals surface area contributed by atoms with E-state index in [-0.39, 0.29) is 0 Å². The van der Waals surface area contributed by atoms with Gasteiger partial charge in [0.1, 0.15) is 5.52 Å². The standard InChI is InChI=1S/C15H13N5/c1-19(11-13-4-2-3-12(9-13)10-16)15-14-5-6-18-20(14)8-7-17-15/h2-9H,11H2,1H3. The maximum atomic E-state index is 8.94. The van der Waals surface area contributed by atoms with Crippen molar-refractivity contribution in [1.29, 1.82) is 5.26 Å². The fourth-order valence-electron chi connectivity index (χ4n) is 2.23. The first-order valence-corrected chi connectivity index (χ1v) is 6.26. The summed E-state index contributed by atoms with van der Waals surface area (Å²) in [6.45, 7) is 0.688. The van der Waals surface area contributed by atoms with Gasteiger partial charge in [0.15, 0.2) is 5.82 Å². The Morgan fingerprint density at radius 3 is 3.05 bits per heavy atom. The first kappa shape index (κ1) is 12.2. The summed E-state index contributed by atoms with van der Waals surface area (Å²) in [6.07, 6.45) is 5.31. The lowest BCUT2D eigenvalue weighted by atomic mass is 10.1. The Kier molecular flexibility index (Phi) is 3.05. The second-order valence-corrected chi connectivity index (χ2v) is 4.58. The Morgan fingerprint density at radius 1 is 1.30 bits per heavy atom. The average Bonchev–Trinajstić information content (AvgIpc) is 2.95. The molecule has 5 nitrogen and oxygen atoms in total. The largest absolute Gasteiger partial charge is 0.354 e. The summed E-state index contributed by atoms with van der Waals surface area (Å²) >= 11 is 0. The average molecular weight is 263 g/mol. The van der Waals surface area contributed by atoms with Gasteiger partial charge in [-0.05, 0) is 23.8 Å². The molecule has 0 saturated heterocycles. The number of hydrogen-bond acceptors (Lipinski definition) is 4. The molecule has 5 heteroatoms. The number of fused-ring (bicyclic) bond motifs is 1. The molecule has 0 aliphatic heterocycles. The molecule has 3 aromatic rings. The number of benzene rings is 1. The van der Waals surface area contributed by atoms with Crippen LogP contribution in [0.25, 0.3) is 5.52 Å². The van der Waals surface area contributed by atoms with Gasteiger partial charge in [-0.1, -0.05) is 12.1 Å². The van der Waals surface area contributed by atoms with Gasteiger partial charge in [-0.15, -0.1) is 0 Å². The van der Waals surface area contributed by atoms with Gasteiger partial charge < -0.3 is 4.90 Å². The van der Waals surface area contributed by atoms with E-state index in [9.17, 15) is 0 Å². The molecule has 0 spiro atoms. The highest BCUT2D eigenvalue weighted by atomic mass is 15.3. The highest BCUT2D eigenvalue weighted by Gasteiger charge is 2.09. The van der Waals surface area contributed by atoms with Crippen molar-refractivity contribution in [2.24, 2.45) is 0 Å². The van der Waals surface area contributed by atoms with Gasteiger partial charge in [-0.25, -0.2) is 9.50 Å². The van der Waals surface area contributed by atoms with E-state index >= 15 is 0 Å². The molecule has 0 aliphatic rings. The van der Waals surface area contributed by atoms with Gasteiger partial charge in [-0.2, -0.15) is 10.4 Å². The number of rotatable bonds is 3. The van der Waals surface area contributed by atoms with Crippen molar-refractivity contribution >= 4 is 11.3 Å². The molecule has 0 amide bonds. The van der Waals surface area contributed by atoms with Crippen LogP contribution < -0.4 is 4.90 Å². The lowest BCUT2D eigenvalue weighted by molar-refractivity contribution is 0.876. The van der Waals surface area contributed by atoms with Crippen molar-refractivity contribution in [2.75, 3.05) is 11.9 Å². The number of aromatic nitrogens is 3. The van der Waals surface area contributed by atoms with Gasteiger partial charge in [0.25, 0.3) is 0 Å². The van der Waals surface area contributed by atoms with E-state index in [4.69, 9.17) is 5.26 Å². The number of anilines is 1. The summed E-state index contributed by atoms with van der Waals surface area (Å²) in [6, 6.07) is 11.7. The zero-order valence-corrected chi connectivity index (χ0v) is 11.1. The maximum absolute atomic E-state index is 8.94. The van der Waals surface area contributed by atoms with Gasteiger partial charge >= 0.3 is 0 Å². The van der Waals surface area contributed by atoms with Crippen LogP contribution in [0.15, 0.2) is 48.9 Å². The molecule has 0 atom stereocenters. The molecular weight excluding hydrogens is 250 g/mol. The molecule has 3 rings (SSSR count). The Bertz CT molecular complexity index is 784. The Labute approximate surface area is 116 Å². The van der Waals surface area contributed by atoms with Crippen LogP contribution >= 0.6 is 0 Å². The van der Waals surface area contributed by atoms with Crippen LogP contribution in [0.3, 0.4) is 0 Å². The number of nitriles is 1. The third-order valence-corrected chi connectivity index (χ3v) is 3.14. The third-order valence-electron chi connectivity index (χ3n) is 3.14. The van der Waals surface area contributed by atoms with E-state index in [0.717, 1.165) is 16.9 Å². The van der Waals surface area contributed by atoms with Crippen molar-refractivity contribution < 1.29 is 0 Å². The predicted octanol–water partition coefficient (Wildman–Crippen LogP) is 2.24. The summed E-state index contributed by atoms with van der Waals surface area (Å²) in [5.41, 5.74) is 2.72. The summed E-state index contributed by atoms with van der Waals surface area (Å²) in [7, 11) is 1.98. The van der Waals surface area contributed by atoms with Crippen LogP contribution in [-0.4, -0.2) is 21.6 Å². The van der Waals surface area contributed by atoms with Crippen LogP contribution in [0.4, 0.5) is 5.82 Å². The van der Waals surface area contributed by atoms with E-state index < -0.39 is 0 Å². The lowest BCUT2D eigenvalue weighted by Crippen LogP contribution is -2.18. The smallest absolute Gasteiger partial charge is 0.154 e. The molecule has 20 heavy (non-hydrogen) atoms. The summed E-state index contributed by atoms with van der Waals surface area (Å²) in [5.74, 6) is 0.868. The van der Waals surface area contributed by atoms with Gasteiger partial charge in [-0.3, -0.25) is 0 Å². The number of nitrogens with zero attached hydrogens (tertiary/aromatic N) is 5. The molecule has 0 aliphatic carbocycles. The van der Waals surface area contributed by atoms with E-state index in [1.165, 1.54) is 0 Å². The fourth-order valence-corrected chi connectivity index (χ4v) is 2.23. The molecule has 0 fully saturated rings. The normalized spacial score (nSPS) is 10.4. The third kappa shape index (κ3) is 2.19. The molecule has 98 valence electrons. The first-order valence-electron chi connectivity index (χ1n) is 6.26. The highest BCUT2D eigenvalue weighted by molar-refractivity contribution is 5.67. The van der Waals surface area contributed by atoms with E-state index in [1.807, 2.05) is 42.4 Å². The number of hydrogen-bond donors (Lipinski definition) is 0. The minimum atomic E-state index is 0.673. The second kappa shape index (κ2) is 5.02. The van der Waals surface area contributed by atoms with Crippen LogP contribution in [0.1, 0.15) is 11.1 Å². The molecule has 0 bridgehead atoms. The topological polar surface area (TPSA) is 57.2 Å². The lowest BCUT2D eigenvalue weighted by Gasteiger charge is -2.19. The first-order chi connectivity index (χ1) is 9.78. The summed E-state index contributed by atoms with van der Waals surface area (Å²) in [4.78, 5) is 6.47. The summed E-state index contributed by atoms with van der Waals surface area (Å²) in [5, 5.41) is 13.1. The SMILES string of the molecule is CN(Cc1cccc(C#N)c1)c1nccn2nccc12. The molecular formula is C15H13N5. The molecule has 1 aromatic carbocycles. The van der Waals surface area contributed by atoms with Gasteiger partial charge in [0.05, 0.1) is 17.8 Å². The van der Waals surface area contributed by atoms with Crippen molar-refractivity contribution in [3.63, 3.8) is 0 Å². The van der Waals surface area contributed by atoms with Crippen LogP contribution in [0.2, 0.25) is 0 Å². The van der Waals surface area contributed by atoms with E-state index in [2.05, 4.69) is 16.2 Å². The highest BCUT2D eigenvalue weighted by Crippen LogP contribution is 2.19. The minimum Gasteiger partial charge on any atom is -0.354 e. The minimum absolute atomic E-state index is 0.673. The monoisotopic (exact) mass is 263 g/mol. The van der Waals surface area contributed by atoms with Crippen molar-refractivity contribution in [3.05, 3.63) is 60.0 Å². The predicted molar refractivity (Wildman–Crippen MR) is 76.3 cm³/mol. The van der Waals surface area contributed by atoms with Crippen LogP contribution in [0, 0.1) is 11.3 Å². The van der Waals surface area contributed by atoms with Crippen molar-refractivity contribution in [2.45, 2.75) is 6.54 Å². The van der Waals surface area contributed by atoms with Crippen LogP contribution in [-0.2, 0) is 6.54 Å². The second-order valence-electron chi connectivity index (χ2n) is 4.58. The van der Waals surface area contributed by atoms with E-state index in [0.29, 0.717) is 12.1 Å². The zero-order chi connectivity index (χ0) is 13.9. The summed E-state index contributed by atoms with van der Waals surface area (Å²) < 4.78 is 1.80. The maximum Gasteiger partial charge on any atom is 0.154 e. The van der Waals surface area contributed by atoms with Crippen molar-refractivity contribution in [3.8, 4) is 6.07 Å². The van der Waals surface area contributed by atoms with E-state index in [1.54, 1.807) is 23.0 Å². The Hall–Kier alpha value is -2.87. The quantitative estimate of drug-likeness (QED) is 0.727. The van der Waals surface area contributed by atoms with Gasteiger partial charge in [0.2, 0.25) is 0 Å². The van der Waals surface area contributed by atoms with Crippen LogP contribution in [0.5, 0.6) is 0 Å². The molecule has 2 heterocycles. The molecule has 0 unspecified atom stereocenters. The molecule has 2 aromatic heterocycles. The molecule has 0 radical (unpaired) electrons. The Balaban J connectivity index is 1.91.